The highest BCUT2D eigenvalue weighted by molar-refractivity contribution is 5.95. The molecule has 1 atom stereocenters. The minimum absolute atomic E-state index is 0.00542. The number of hydrogen-bond donors (Lipinski definition) is 0. The lowest BCUT2D eigenvalue weighted by Crippen LogP contribution is -2.32. The molecule has 0 heterocycles. The molecule has 0 amide bonds. The Hall–Kier alpha value is -1.12. The van der Waals surface area contributed by atoms with E-state index in [0.29, 0.717) is 6.42 Å². The van der Waals surface area contributed by atoms with Crippen molar-refractivity contribution in [3.8, 4) is 0 Å². The number of ketones is 1. The van der Waals surface area contributed by atoms with Crippen LogP contribution < -0.4 is 0 Å². The van der Waals surface area contributed by atoms with Gasteiger partial charge >= 0.3 is 5.97 Å². The summed E-state index contributed by atoms with van der Waals surface area (Å²) >= 11 is 0. The maximum absolute atomic E-state index is 11.2. The molecule has 0 saturated heterocycles. The summed E-state index contributed by atoms with van der Waals surface area (Å²) in [6.07, 6.45) is 4.09. The summed E-state index contributed by atoms with van der Waals surface area (Å²) in [4.78, 5) is 22.2. The van der Waals surface area contributed by atoms with Crippen LogP contribution in [-0.4, -0.2) is 18.9 Å². The van der Waals surface area contributed by atoms with Crippen LogP contribution in [0.1, 0.15) is 19.8 Å². The van der Waals surface area contributed by atoms with E-state index in [4.69, 9.17) is 0 Å². The third-order valence-corrected chi connectivity index (χ3v) is 2.11. The first-order valence-corrected chi connectivity index (χ1v) is 3.86. The summed E-state index contributed by atoms with van der Waals surface area (Å²) in [6.45, 7) is 1.75. The topological polar surface area (TPSA) is 43.4 Å². The molecule has 1 unspecified atom stereocenters. The van der Waals surface area contributed by atoms with Gasteiger partial charge in [-0.05, 0) is 19.4 Å². The van der Waals surface area contributed by atoms with E-state index < -0.39 is 5.41 Å². The van der Waals surface area contributed by atoms with Crippen molar-refractivity contribution in [3.05, 3.63) is 12.2 Å². The lowest BCUT2D eigenvalue weighted by molar-refractivity contribution is -0.153. The SMILES string of the molecule is COC(=O)C1(C)CC=CC(=O)C1. The molecule has 0 aromatic rings. The van der Waals surface area contributed by atoms with Gasteiger partial charge in [0.25, 0.3) is 0 Å². The van der Waals surface area contributed by atoms with Crippen LogP contribution >= 0.6 is 0 Å². The molecule has 0 saturated carbocycles. The Morgan fingerprint density at radius 2 is 2.33 bits per heavy atom. The van der Waals surface area contributed by atoms with Gasteiger partial charge in [0.1, 0.15) is 0 Å². The number of hydrogen-bond acceptors (Lipinski definition) is 3. The molecule has 0 aromatic carbocycles. The summed E-state index contributed by atoms with van der Waals surface area (Å²) in [5, 5.41) is 0. The van der Waals surface area contributed by atoms with Crippen molar-refractivity contribution in [3.63, 3.8) is 0 Å². The van der Waals surface area contributed by atoms with Gasteiger partial charge in [0.15, 0.2) is 5.78 Å². The second-order valence-corrected chi connectivity index (χ2v) is 3.30. The van der Waals surface area contributed by atoms with Gasteiger partial charge in [0, 0.05) is 6.42 Å². The number of carbonyl (C=O) groups excluding carboxylic acids is 2. The zero-order valence-corrected chi connectivity index (χ0v) is 7.29. The molecule has 0 radical (unpaired) electrons. The minimum atomic E-state index is -0.638. The molecule has 66 valence electrons. The van der Waals surface area contributed by atoms with Crippen molar-refractivity contribution in [1.82, 2.24) is 0 Å². The Morgan fingerprint density at radius 1 is 1.67 bits per heavy atom. The van der Waals surface area contributed by atoms with Crippen molar-refractivity contribution >= 4 is 11.8 Å². The molecule has 0 fully saturated rings. The fourth-order valence-electron chi connectivity index (χ4n) is 1.37. The van der Waals surface area contributed by atoms with E-state index >= 15 is 0 Å². The first-order chi connectivity index (χ1) is 5.58. The molecule has 12 heavy (non-hydrogen) atoms. The number of rotatable bonds is 1. The smallest absolute Gasteiger partial charge is 0.312 e. The fourth-order valence-corrected chi connectivity index (χ4v) is 1.37. The molecule has 3 nitrogen and oxygen atoms in total. The average Bonchev–Trinajstić information content (AvgIpc) is 2.02. The van der Waals surface area contributed by atoms with Crippen molar-refractivity contribution in [2.24, 2.45) is 5.41 Å². The molecule has 1 rings (SSSR count). The van der Waals surface area contributed by atoms with Crippen LogP contribution in [0.2, 0.25) is 0 Å². The van der Waals surface area contributed by atoms with Crippen LogP contribution in [0.25, 0.3) is 0 Å². The average molecular weight is 168 g/mol. The predicted octanol–water partition coefficient (Wildman–Crippen LogP) is 1.08. The van der Waals surface area contributed by atoms with E-state index in [0.717, 1.165) is 0 Å². The Morgan fingerprint density at radius 3 is 2.83 bits per heavy atom. The molecular weight excluding hydrogens is 156 g/mol. The van der Waals surface area contributed by atoms with Crippen LogP contribution in [0.15, 0.2) is 12.2 Å². The normalized spacial score (nSPS) is 28.7. The van der Waals surface area contributed by atoms with Gasteiger partial charge in [0.2, 0.25) is 0 Å². The number of methoxy groups -OCH3 is 1. The van der Waals surface area contributed by atoms with E-state index in [1.807, 2.05) is 0 Å². The molecule has 0 bridgehead atoms. The third-order valence-electron chi connectivity index (χ3n) is 2.11. The van der Waals surface area contributed by atoms with Crippen LogP contribution in [0.3, 0.4) is 0 Å². The zero-order chi connectivity index (χ0) is 9.19. The van der Waals surface area contributed by atoms with Crippen LogP contribution in [0, 0.1) is 5.41 Å². The van der Waals surface area contributed by atoms with E-state index in [-0.39, 0.29) is 18.2 Å². The van der Waals surface area contributed by atoms with Gasteiger partial charge in [-0.3, -0.25) is 9.59 Å². The monoisotopic (exact) mass is 168 g/mol. The van der Waals surface area contributed by atoms with Crippen molar-refractivity contribution in [1.29, 1.82) is 0 Å². The Balaban J connectivity index is 2.79. The summed E-state index contributed by atoms with van der Waals surface area (Å²) in [6, 6.07) is 0. The Labute approximate surface area is 71.4 Å². The molecule has 0 aliphatic heterocycles. The van der Waals surface area contributed by atoms with Gasteiger partial charge in [-0.15, -0.1) is 0 Å². The molecule has 3 heteroatoms. The van der Waals surface area contributed by atoms with E-state index in [1.54, 1.807) is 13.0 Å². The van der Waals surface area contributed by atoms with Gasteiger partial charge in [-0.1, -0.05) is 6.08 Å². The van der Waals surface area contributed by atoms with Crippen LogP contribution in [-0.2, 0) is 14.3 Å². The molecule has 0 aromatic heterocycles. The van der Waals surface area contributed by atoms with Crippen LogP contribution in [0.5, 0.6) is 0 Å². The number of ether oxygens (including phenoxy) is 1. The standard InChI is InChI=1S/C9H12O3/c1-9(8(11)12-2)5-3-4-7(10)6-9/h3-4H,5-6H2,1-2H3. The van der Waals surface area contributed by atoms with Gasteiger partial charge in [0.05, 0.1) is 12.5 Å². The van der Waals surface area contributed by atoms with Gasteiger partial charge in [-0.25, -0.2) is 0 Å². The third kappa shape index (κ3) is 1.55. The molecule has 0 spiro atoms. The first kappa shape index (κ1) is 8.97. The first-order valence-electron chi connectivity index (χ1n) is 3.86. The Bertz CT molecular complexity index is 242. The molecule has 1 aliphatic rings. The number of carbonyl (C=O) groups is 2. The van der Waals surface area contributed by atoms with Gasteiger partial charge in [-0.2, -0.15) is 0 Å². The zero-order valence-electron chi connectivity index (χ0n) is 7.29. The lowest BCUT2D eigenvalue weighted by Gasteiger charge is -2.26. The molecular formula is C9H12O3. The summed E-state index contributed by atoms with van der Waals surface area (Å²) in [7, 11) is 1.34. The van der Waals surface area contributed by atoms with Crippen molar-refractivity contribution in [2.45, 2.75) is 19.8 Å². The fraction of sp³-hybridized carbons (Fsp3) is 0.556. The van der Waals surface area contributed by atoms with Crippen molar-refractivity contribution in [2.75, 3.05) is 7.11 Å². The predicted molar refractivity (Wildman–Crippen MR) is 43.5 cm³/mol. The van der Waals surface area contributed by atoms with E-state index in [9.17, 15) is 9.59 Å². The maximum Gasteiger partial charge on any atom is 0.312 e. The van der Waals surface area contributed by atoms with Gasteiger partial charge < -0.3 is 4.74 Å². The number of allylic oxidation sites excluding steroid dienone is 2. The van der Waals surface area contributed by atoms with E-state index in [1.165, 1.54) is 13.2 Å². The highest BCUT2D eigenvalue weighted by atomic mass is 16.5. The second kappa shape index (κ2) is 3.09. The highest BCUT2D eigenvalue weighted by Gasteiger charge is 2.36. The second-order valence-electron chi connectivity index (χ2n) is 3.30. The maximum atomic E-state index is 11.2. The summed E-state index contributed by atoms with van der Waals surface area (Å²) in [5.41, 5.74) is -0.638. The van der Waals surface area contributed by atoms with Crippen molar-refractivity contribution < 1.29 is 14.3 Å². The molecule has 0 N–H and O–H groups in total. The summed E-state index contributed by atoms with van der Waals surface area (Å²) in [5.74, 6) is -0.311. The molecule has 1 aliphatic carbocycles. The summed E-state index contributed by atoms with van der Waals surface area (Å²) < 4.78 is 4.62. The van der Waals surface area contributed by atoms with E-state index in [2.05, 4.69) is 4.74 Å². The van der Waals surface area contributed by atoms with Crippen LogP contribution in [0.4, 0.5) is 0 Å². The highest BCUT2D eigenvalue weighted by Crippen LogP contribution is 2.31. The largest absolute Gasteiger partial charge is 0.469 e. The minimum Gasteiger partial charge on any atom is -0.469 e. The quantitative estimate of drug-likeness (QED) is 0.550. The lowest BCUT2D eigenvalue weighted by atomic mass is 9.78. The number of esters is 1. The Kier molecular flexibility index (Phi) is 2.31.